The second kappa shape index (κ2) is 5.71. The minimum Gasteiger partial charge on any atom is -0.396 e. The molecule has 1 aromatic carbocycles. The Labute approximate surface area is 126 Å². The van der Waals surface area contributed by atoms with E-state index in [-0.39, 0.29) is 27.1 Å². The van der Waals surface area contributed by atoms with Crippen LogP contribution in [0.1, 0.15) is 15.9 Å². The zero-order valence-electron chi connectivity index (χ0n) is 10.8. The second-order valence-electron chi connectivity index (χ2n) is 4.33. The van der Waals surface area contributed by atoms with Gasteiger partial charge in [-0.2, -0.15) is 0 Å². The minimum absolute atomic E-state index is 0.0716. The minimum atomic E-state index is -3.74. The Morgan fingerprint density at radius 2 is 2.00 bits per heavy atom. The number of pyridine rings is 1. The number of amides is 1. The van der Waals surface area contributed by atoms with Gasteiger partial charge >= 0.3 is 0 Å². The molecular formula is C13H12ClN3O3S. The monoisotopic (exact) mass is 325 g/mol. The molecular weight excluding hydrogens is 314 g/mol. The number of rotatable bonds is 4. The number of carbonyl (C=O) groups excluding carboxylic acids is 1. The van der Waals surface area contributed by atoms with Crippen LogP contribution in [0.2, 0.25) is 5.02 Å². The molecule has 0 spiro atoms. The van der Waals surface area contributed by atoms with Crippen LogP contribution in [0.15, 0.2) is 41.6 Å². The lowest BCUT2D eigenvalue weighted by atomic mass is 10.1. The molecule has 1 heterocycles. The van der Waals surface area contributed by atoms with Crippen molar-refractivity contribution in [1.82, 2.24) is 4.98 Å². The van der Waals surface area contributed by atoms with Crippen LogP contribution in [0.4, 0.5) is 5.69 Å². The molecule has 21 heavy (non-hydrogen) atoms. The molecule has 0 bridgehead atoms. The van der Waals surface area contributed by atoms with Crippen LogP contribution in [0.5, 0.6) is 0 Å². The molecule has 0 unspecified atom stereocenters. The Balaban J connectivity index is 2.38. The smallest absolute Gasteiger partial charge is 0.248 e. The molecule has 0 aliphatic carbocycles. The molecule has 2 aromatic rings. The SMILES string of the molecule is NC(=O)c1ccc(CS(=O)(=O)c2ncccc2N)c(Cl)c1. The number of carbonyl (C=O) groups is 1. The Kier molecular flexibility index (Phi) is 4.15. The van der Waals surface area contributed by atoms with E-state index < -0.39 is 15.7 Å². The normalized spacial score (nSPS) is 11.3. The Hall–Kier alpha value is -2.12. The largest absolute Gasteiger partial charge is 0.396 e. The van der Waals surface area contributed by atoms with Gasteiger partial charge in [-0.25, -0.2) is 13.4 Å². The van der Waals surface area contributed by atoms with Gasteiger partial charge in [0.15, 0.2) is 5.03 Å². The molecule has 0 atom stereocenters. The molecule has 0 aliphatic rings. The van der Waals surface area contributed by atoms with Gasteiger partial charge in [-0.15, -0.1) is 0 Å². The lowest BCUT2D eigenvalue weighted by Crippen LogP contribution is -2.12. The number of nitrogens with two attached hydrogens (primary N) is 2. The summed E-state index contributed by atoms with van der Waals surface area (Å²) in [5.41, 5.74) is 11.4. The van der Waals surface area contributed by atoms with E-state index in [0.29, 0.717) is 5.56 Å². The van der Waals surface area contributed by atoms with Crippen LogP contribution in [0.25, 0.3) is 0 Å². The summed E-state index contributed by atoms with van der Waals surface area (Å²) in [5.74, 6) is -1.01. The molecule has 8 heteroatoms. The van der Waals surface area contributed by atoms with Gasteiger partial charge in [-0.3, -0.25) is 4.79 Å². The standard InChI is InChI=1S/C13H12ClN3O3S/c14-10-6-8(12(16)18)3-4-9(10)7-21(19,20)13-11(15)2-1-5-17-13/h1-6H,7,15H2,(H2,16,18). The van der Waals surface area contributed by atoms with E-state index in [4.69, 9.17) is 23.1 Å². The molecule has 4 N–H and O–H groups in total. The second-order valence-corrected chi connectivity index (χ2v) is 6.64. The van der Waals surface area contributed by atoms with E-state index >= 15 is 0 Å². The third kappa shape index (κ3) is 3.32. The number of hydrogen-bond acceptors (Lipinski definition) is 5. The van der Waals surface area contributed by atoms with Crippen molar-refractivity contribution in [3.8, 4) is 0 Å². The highest BCUT2D eigenvalue weighted by Crippen LogP contribution is 2.24. The van der Waals surface area contributed by atoms with Gasteiger partial charge in [0.25, 0.3) is 0 Å². The van der Waals surface area contributed by atoms with Crippen molar-refractivity contribution in [3.63, 3.8) is 0 Å². The zero-order valence-corrected chi connectivity index (χ0v) is 12.4. The number of nitrogen functional groups attached to an aromatic ring is 1. The summed E-state index contributed by atoms with van der Waals surface area (Å²) >= 11 is 5.98. The summed E-state index contributed by atoms with van der Waals surface area (Å²) in [4.78, 5) is 14.8. The predicted octanol–water partition coefficient (Wildman–Crippen LogP) is 1.39. The van der Waals surface area contributed by atoms with E-state index in [1.54, 1.807) is 6.07 Å². The third-order valence-electron chi connectivity index (χ3n) is 2.78. The van der Waals surface area contributed by atoms with E-state index in [1.165, 1.54) is 30.5 Å². The maximum absolute atomic E-state index is 12.3. The van der Waals surface area contributed by atoms with Crippen molar-refractivity contribution in [2.75, 3.05) is 5.73 Å². The first-order valence-electron chi connectivity index (χ1n) is 5.83. The van der Waals surface area contributed by atoms with E-state index in [9.17, 15) is 13.2 Å². The number of primary amides is 1. The summed E-state index contributed by atoms with van der Waals surface area (Å²) in [6.45, 7) is 0. The number of aromatic nitrogens is 1. The highest BCUT2D eigenvalue weighted by Gasteiger charge is 2.21. The number of anilines is 1. The van der Waals surface area contributed by atoms with Gasteiger partial charge in [0.05, 0.1) is 11.4 Å². The van der Waals surface area contributed by atoms with Crippen molar-refractivity contribution in [1.29, 1.82) is 0 Å². The molecule has 6 nitrogen and oxygen atoms in total. The Bertz CT molecular complexity index is 806. The average Bonchev–Trinajstić information content (AvgIpc) is 2.41. The zero-order chi connectivity index (χ0) is 15.6. The molecule has 0 saturated heterocycles. The Morgan fingerprint density at radius 1 is 1.29 bits per heavy atom. The Morgan fingerprint density at radius 3 is 2.57 bits per heavy atom. The number of benzene rings is 1. The molecule has 0 fully saturated rings. The van der Waals surface area contributed by atoms with Crippen LogP contribution in [0.3, 0.4) is 0 Å². The van der Waals surface area contributed by atoms with Crippen molar-refractivity contribution in [3.05, 3.63) is 52.7 Å². The first-order valence-corrected chi connectivity index (χ1v) is 7.86. The van der Waals surface area contributed by atoms with Crippen LogP contribution >= 0.6 is 11.6 Å². The van der Waals surface area contributed by atoms with Gasteiger partial charge in [0.2, 0.25) is 15.7 Å². The fourth-order valence-corrected chi connectivity index (χ4v) is 3.53. The van der Waals surface area contributed by atoms with Crippen molar-refractivity contribution >= 4 is 33.0 Å². The van der Waals surface area contributed by atoms with Gasteiger partial charge in [0, 0.05) is 16.8 Å². The summed E-state index contributed by atoms with van der Waals surface area (Å²) in [6, 6.07) is 7.19. The van der Waals surface area contributed by atoms with Crippen LogP contribution in [0, 0.1) is 0 Å². The number of sulfone groups is 1. The topological polar surface area (TPSA) is 116 Å². The first kappa shape index (κ1) is 15.3. The first-order chi connectivity index (χ1) is 9.81. The summed E-state index contributed by atoms with van der Waals surface area (Å²) in [7, 11) is -3.74. The van der Waals surface area contributed by atoms with Crippen LogP contribution < -0.4 is 11.5 Å². The van der Waals surface area contributed by atoms with Crippen LogP contribution in [-0.4, -0.2) is 19.3 Å². The molecule has 1 aromatic heterocycles. The van der Waals surface area contributed by atoms with Gasteiger partial charge < -0.3 is 11.5 Å². The average molecular weight is 326 g/mol. The fourth-order valence-electron chi connectivity index (χ4n) is 1.75. The van der Waals surface area contributed by atoms with Gasteiger partial charge in [-0.1, -0.05) is 17.7 Å². The third-order valence-corrected chi connectivity index (χ3v) is 4.75. The molecule has 0 saturated carbocycles. The van der Waals surface area contributed by atoms with Crippen molar-refractivity contribution in [2.24, 2.45) is 5.73 Å². The van der Waals surface area contributed by atoms with Gasteiger partial charge in [0.1, 0.15) is 0 Å². The van der Waals surface area contributed by atoms with E-state index in [1.807, 2.05) is 0 Å². The van der Waals surface area contributed by atoms with Crippen molar-refractivity contribution < 1.29 is 13.2 Å². The highest BCUT2D eigenvalue weighted by molar-refractivity contribution is 7.90. The fraction of sp³-hybridized carbons (Fsp3) is 0.0769. The maximum atomic E-state index is 12.3. The maximum Gasteiger partial charge on any atom is 0.248 e. The quantitative estimate of drug-likeness (QED) is 0.881. The van der Waals surface area contributed by atoms with Crippen LogP contribution in [-0.2, 0) is 15.6 Å². The highest BCUT2D eigenvalue weighted by atomic mass is 35.5. The number of halogens is 1. The summed E-state index contributed by atoms with van der Waals surface area (Å²) in [6.07, 6.45) is 1.35. The summed E-state index contributed by atoms with van der Waals surface area (Å²) in [5, 5.41) is -0.0515. The van der Waals surface area contributed by atoms with E-state index in [0.717, 1.165) is 0 Å². The molecule has 0 radical (unpaired) electrons. The molecule has 0 aliphatic heterocycles. The van der Waals surface area contributed by atoms with E-state index in [2.05, 4.69) is 4.98 Å². The lowest BCUT2D eigenvalue weighted by Gasteiger charge is -2.08. The lowest BCUT2D eigenvalue weighted by molar-refractivity contribution is 0.100. The van der Waals surface area contributed by atoms with Gasteiger partial charge in [-0.05, 0) is 29.8 Å². The van der Waals surface area contributed by atoms with Crippen molar-refractivity contribution in [2.45, 2.75) is 10.8 Å². The number of nitrogens with zero attached hydrogens (tertiary/aromatic N) is 1. The molecule has 110 valence electrons. The molecule has 2 rings (SSSR count). The summed E-state index contributed by atoms with van der Waals surface area (Å²) < 4.78 is 24.6. The predicted molar refractivity (Wildman–Crippen MR) is 79.5 cm³/mol. The number of hydrogen-bond donors (Lipinski definition) is 2. The molecule has 1 amide bonds.